The summed E-state index contributed by atoms with van der Waals surface area (Å²) < 4.78 is 5.27. The van der Waals surface area contributed by atoms with E-state index < -0.39 is 5.60 Å². The lowest BCUT2D eigenvalue weighted by molar-refractivity contribution is -0.0590. The fourth-order valence-electron chi connectivity index (χ4n) is 1.96. The first-order chi connectivity index (χ1) is 7.82. The molecule has 4 nitrogen and oxygen atoms in total. The highest BCUT2D eigenvalue weighted by Crippen LogP contribution is 2.35. The van der Waals surface area contributed by atoms with E-state index in [1.165, 1.54) is 0 Å². The van der Waals surface area contributed by atoms with E-state index in [4.69, 9.17) is 4.74 Å². The molecule has 0 aromatic heterocycles. The van der Waals surface area contributed by atoms with E-state index in [-0.39, 0.29) is 18.1 Å². The van der Waals surface area contributed by atoms with Crippen LogP contribution in [0.4, 0.5) is 4.79 Å². The molecule has 1 heterocycles. The van der Waals surface area contributed by atoms with Gasteiger partial charge in [0.15, 0.2) is 0 Å². The van der Waals surface area contributed by atoms with Crippen LogP contribution in [0.3, 0.4) is 0 Å². The van der Waals surface area contributed by atoms with Crippen LogP contribution in [0, 0.1) is 5.41 Å². The van der Waals surface area contributed by atoms with Gasteiger partial charge in [-0.15, -0.1) is 6.58 Å². The van der Waals surface area contributed by atoms with Gasteiger partial charge in [-0.1, -0.05) is 6.08 Å². The number of hydrogen-bond acceptors (Lipinski definition) is 3. The minimum absolute atomic E-state index is 0.111. The Hall–Kier alpha value is -1.03. The molecule has 4 heteroatoms. The maximum Gasteiger partial charge on any atom is 0.410 e. The summed E-state index contributed by atoms with van der Waals surface area (Å²) in [6.07, 6.45) is 3.28. The fraction of sp³-hybridized carbons (Fsp3) is 0.769. The summed E-state index contributed by atoms with van der Waals surface area (Å²) in [5, 5.41) is 9.38. The third-order valence-corrected chi connectivity index (χ3v) is 2.92. The van der Waals surface area contributed by atoms with E-state index in [2.05, 4.69) is 6.58 Å². The Morgan fingerprint density at radius 1 is 1.53 bits per heavy atom. The molecule has 17 heavy (non-hydrogen) atoms. The topological polar surface area (TPSA) is 49.8 Å². The Labute approximate surface area is 103 Å². The molecule has 1 rings (SSSR count). The maximum absolute atomic E-state index is 11.7. The van der Waals surface area contributed by atoms with Crippen molar-refractivity contribution in [2.75, 3.05) is 19.7 Å². The van der Waals surface area contributed by atoms with Crippen molar-refractivity contribution in [3.8, 4) is 0 Å². The third kappa shape index (κ3) is 3.73. The second-order valence-electron chi connectivity index (χ2n) is 5.82. The first kappa shape index (κ1) is 14.0. The second kappa shape index (κ2) is 5.08. The number of amides is 1. The van der Waals surface area contributed by atoms with Crippen LogP contribution in [0.15, 0.2) is 12.7 Å². The van der Waals surface area contributed by atoms with Gasteiger partial charge >= 0.3 is 6.09 Å². The molecule has 0 saturated carbocycles. The van der Waals surface area contributed by atoms with Crippen LogP contribution >= 0.6 is 0 Å². The number of rotatable bonds is 4. The van der Waals surface area contributed by atoms with Crippen LogP contribution in [0.2, 0.25) is 0 Å². The first-order valence-corrected chi connectivity index (χ1v) is 6.02. The summed E-state index contributed by atoms with van der Waals surface area (Å²) in [7, 11) is 0. The van der Waals surface area contributed by atoms with Gasteiger partial charge in [-0.05, 0) is 33.6 Å². The van der Waals surface area contributed by atoms with E-state index in [0.717, 1.165) is 12.8 Å². The molecule has 1 amide bonds. The number of allylic oxidation sites excluding steroid dienone is 1. The quantitative estimate of drug-likeness (QED) is 0.767. The lowest BCUT2D eigenvalue weighted by Gasteiger charge is -2.49. The van der Waals surface area contributed by atoms with Gasteiger partial charge in [0.2, 0.25) is 0 Å². The number of nitrogens with zero attached hydrogens (tertiary/aromatic N) is 1. The average Bonchev–Trinajstić information content (AvgIpc) is 2.14. The highest BCUT2D eigenvalue weighted by atomic mass is 16.6. The van der Waals surface area contributed by atoms with Gasteiger partial charge in [-0.3, -0.25) is 0 Å². The maximum atomic E-state index is 11.7. The van der Waals surface area contributed by atoms with Crippen molar-refractivity contribution in [2.45, 2.75) is 39.2 Å². The van der Waals surface area contributed by atoms with Crippen LogP contribution in [0.25, 0.3) is 0 Å². The van der Waals surface area contributed by atoms with E-state index in [1.54, 1.807) is 4.90 Å². The summed E-state index contributed by atoms with van der Waals surface area (Å²) in [5.74, 6) is 0. The number of hydrogen-bond donors (Lipinski definition) is 1. The SMILES string of the molecule is C=CCCC1(CO)CN(C(=O)OC(C)(C)C)C1. The molecule has 0 spiro atoms. The normalized spacial score (nSPS) is 18.5. The molecular formula is C13H23NO3. The van der Waals surface area contributed by atoms with Crippen molar-refractivity contribution < 1.29 is 14.6 Å². The standard InChI is InChI=1S/C13H23NO3/c1-5-6-7-13(10-15)8-14(9-13)11(16)17-12(2,3)4/h5,15H,1,6-10H2,2-4H3. The minimum atomic E-state index is -0.463. The Bertz CT molecular complexity index is 288. The van der Waals surface area contributed by atoms with Crippen LogP contribution < -0.4 is 0 Å². The average molecular weight is 241 g/mol. The Balaban J connectivity index is 2.43. The Morgan fingerprint density at radius 2 is 2.12 bits per heavy atom. The third-order valence-electron chi connectivity index (χ3n) is 2.92. The largest absolute Gasteiger partial charge is 0.444 e. The lowest BCUT2D eigenvalue weighted by Crippen LogP contribution is -2.60. The van der Waals surface area contributed by atoms with Gasteiger partial charge in [0, 0.05) is 18.5 Å². The van der Waals surface area contributed by atoms with Gasteiger partial charge < -0.3 is 14.7 Å². The predicted octanol–water partition coefficient (Wildman–Crippen LogP) is 2.18. The molecule has 0 unspecified atom stereocenters. The number of ether oxygens (including phenoxy) is 1. The van der Waals surface area contributed by atoms with E-state index in [0.29, 0.717) is 13.1 Å². The van der Waals surface area contributed by atoms with Crippen LogP contribution in [-0.2, 0) is 4.74 Å². The lowest BCUT2D eigenvalue weighted by atomic mass is 9.77. The molecule has 1 fully saturated rings. The Morgan fingerprint density at radius 3 is 2.53 bits per heavy atom. The highest BCUT2D eigenvalue weighted by Gasteiger charge is 2.45. The molecule has 1 aliphatic rings. The number of carbonyl (C=O) groups excluding carboxylic acids is 1. The van der Waals surface area contributed by atoms with Crippen LogP contribution in [-0.4, -0.2) is 41.4 Å². The van der Waals surface area contributed by atoms with Gasteiger partial charge in [-0.2, -0.15) is 0 Å². The molecule has 1 aliphatic heterocycles. The van der Waals surface area contributed by atoms with Crippen molar-refractivity contribution in [3.05, 3.63) is 12.7 Å². The summed E-state index contributed by atoms with van der Waals surface area (Å²) in [5.41, 5.74) is -0.610. The number of aliphatic hydroxyl groups is 1. The minimum Gasteiger partial charge on any atom is -0.444 e. The van der Waals surface area contributed by atoms with Gasteiger partial charge in [0.05, 0.1) is 6.61 Å². The smallest absolute Gasteiger partial charge is 0.410 e. The molecule has 0 atom stereocenters. The zero-order chi connectivity index (χ0) is 13.1. The monoisotopic (exact) mass is 241 g/mol. The van der Waals surface area contributed by atoms with Crippen molar-refractivity contribution in [1.29, 1.82) is 0 Å². The summed E-state index contributed by atoms with van der Waals surface area (Å²) in [6, 6.07) is 0. The number of carbonyl (C=O) groups is 1. The molecule has 98 valence electrons. The predicted molar refractivity (Wildman–Crippen MR) is 66.8 cm³/mol. The van der Waals surface area contributed by atoms with Crippen molar-refractivity contribution in [3.63, 3.8) is 0 Å². The van der Waals surface area contributed by atoms with E-state index in [9.17, 15) is 9.90 Å². The molecule has 1 saturated heterocycles. The molecule has 0 aliphatic carbocycles. The highest BCUT2D eigenvalue weighted by molar-refractivity contribution is 5.69. The molecule has 0 aromatic carbocycles. The first-order valence-electron chi connectivity index (χ1n) is 6.02. The number of likely N-dealkylation sites (tertiary alicyclic amines) is 1. The zero-order valence-electron chi connectivity index (χ0n) is 11.0. The van der Waals surface area contributed by atoms with E-state index in [1.807, 2.05) is 26.8 Å². The van der Waals surface area contributed by atoms with Gasteiger partial charge in [0.25, 0.3) is 0 Å². The van der Waals surface area contributed by atoms with Crippen LogP contribution in [0.1, 0.15) is 33.6 Å². The zero-order valence-corrected chi connectivity index (χ0v) is 11.0. The molecular weight excluding hydrogens is 218 g/mol. The summed E-state index contributed by atoms with van der Waals surface area (Å²) in [6.45, 7) is 10.5. The molecule has 0 aromatic rings. The summed E-state index contributed by atoms with van der Waals surface area (Å²) >= 11 is 0. The summed E-state index contributed by atoms with van der Waals surface area (Å²) in [4.78, 5) is 13.4. The van der Waals surface area contributed by atoms with Crippen molar-refractivity contribution in [1.82, 2.24) is 4.90 Å². The van der Waals surface area contributed by atoms with Crippen molar-refractivity contribution in [2.24, 2.45) is 5.41 Å². The molecule has 0 radical (unpaired) electrons. The van der Waals surface area contributed by atoms with E-state index >= 15 is 0 Å². The van der Waals surface area contributed by atoms with Crippen LogP contribution in [0.5, 0.6) is 0 Å². The van der Waals surface area contributed by atoms with Crippen molar-refractivity contribution >= 4 is 6.09 Å². The Kier molecular flexibility index (Phi) is 4.20. The second-order valence-corrected chi connectivity index (χ2v) is 5.82. The molecule has 1 N–H and O–H groups in total. The fourth-order valence-corrected chi connectivity index (χ4v) is 1.96. The van der Waals surface area contributed by atoms with Gasteiger partial charge in [0.1, 0.15) is 5.60 Å². The number of aliphatic hydroxyl groups excluding tert-OH is 1. The van der Waals surface area contributed by atoms with Gasteiger partial charge in [-0.25, -0.2) is 4.79 Å². The molecule has 0 bridgehead atoms.